The summed E-state index contributed by atoms with van der Waals surface area (Å²) in [6.07, 6.45) is 3.21. The minimum absolute atomic E-state index is 0.114. The third-order valence-electron chi connectivity index (χ3n) is 4.58. The zero-order valence-electron chi connectivity index (χ0n) is 15.8. The van der Waals surface area contributed by atoms with E-state index in [0.717, 1.165) is 19.3 Å². The van der Waals surface area contributed by atoms with E-state index in [1.807, 2.05) is 0 Å². The Morgan fingerprint density at radius 2 is 0.800 bits per heavy atom. The first-order valence-corrected chi connectivity index (χ1v) is 7.95. The molecule has 0 fully saturated rings. The van der Waals surface area contributed by atoms with Crippen LogP contribution >= 0.6 is 0 Å². The zero-order valence-corrected chi connectivity index (χ0v) is 15.8. The summed E-state index contributed by atoms with van der Waals surface area (Å²) in [5.74, 6) is 0. The van der Waals surface area contributed by atoms with E-state index in [9.17, 15) is 0 Å². The second kappa shape index (κ2) is 5.61. The highest BCUT2D eigenvalue weighted by atomic mass is 14.7. The smallest absolute Gasteiger partial charge is 0.0102 e. The van der Waals surface area contributed by atoms with Crippen molar-refractivity contribution in [3.8, 4) is 0 Å². The first-order valence-electron chi connectivity index (χ1n) is 7.95. The monoisotopic (exact) mass is 284 g/mol. The van der Waals surface area contributed by atoms with Crippen molar-refractivity contribution in [1.29, 1.82) is 0 Å². The third kappa shape index (κ3) is 7.08. The van der Waals surface area contributed by atoms with E-state index in [1.165, 1.54) is 0 Å². The highest BCUT2D eigenvalue weighted by Crippen LogP contribution is 2.51. The van der Waals surface area contributed by atoms with Gasteiger partial charge in [0.2, 0.25) is 0 Å². The molecule has 0 spiro atoms. The van der Waals surface area contributed by atoms with E-state index in [2.05, 4.69) is 69.2 Å². The van der Waals surface area contributed by atoms with Crippen LogP contribution in [-0.2, 0) is 0 Å². The minimum atomic E-state index is -0.127. The fourth-order valence-corrected chi connectivity index (χ4v) is 4.11. The standard InChI is InChI=1S/C18H40N2/c1-14(2,12-17(7,8)19)11-15(3,4)16(5,6)13-18(9,10)20/h11-13,19-20H2,1-10H3. The first kappa shape index (κ1) is 19.9. The lowest BCUT2D eigenvalue weighted by atomic mass is 9.57. The Kier molecular flexibility index (Phi) is 5.58. The van der Waals surface area contributed by atoms with E-state index in [1.54, 1.807) is 0 Å². The summed E-state index contributed by atoms with van der Waals surface area (Å²) in [4.78, 5) is 0. The van der Waals surface area contributed by atoms with Crippen LogP contribution in [0.2, 0.25) is 0 Å². The molecule has 0 aromatic heterocycles. The number of rotatable bonds is 7. The van der Waals surface area contributed by atoms with Crippen molar-refractivity contribution in [2.24, 2.45) is 27.7 Å². The van der Waals surface area contributed by atoms with Gasteiger partial charge in [-0.25, -0.2) is 0 Å². The molecule has 0 saturated carbocycles. The van der Waals surface area contributed by atoms with Crippen molar-refractivity contribution < 1.29 is 0 Å². The molecule has 20 heavy (non-hydrogen) atoms. The zero-order chi connectivity index (χ0) is 16.6. The Morgan fingerprint density at radius 1 is 0.500 bits per heavy atom. The molecule has 2 heteroatoms. The van der Waals surface area contributed by atoms with Gasteiger partial charge in [0.25, 0.3) is 0 Å². The quantitative estimate of drug-likeness (QED) is 0.711. The van der Waals surface area contributed by atoms with E-state index in [0.29, 0.717) is 0 Å². The van der Waals surface area contributed by atoms with Crippen molar-refractivity contribution in [3.63, 3.8) is 0 Å². The van der Waals surface area contributed by atoms with E-state index < -0.39 is 0 Å². The molecule has 0 amide bonds. The van der Waals surface area contributed by atoms with Gasteiger partial charge in [0, 0.05) is 11.1 Å². The summed E-state index contributed by atoms with van der Waals surface area (Å²) in [5.41, 5.74) is 12.9. The van der Waals surface area contributed by atoms with Gasteiger partial charge in [0.15, 0.2) is 0 Å². The van der Waals surface area contributed by atoms with Crippen molar-refractivity contribution in [2.45, 2.75) is 99.6 Å². The van der Waals surface area contributed by atoms with Crippen LogP contribution in [-0.4, -0.2) is 11.1 Å². The number of hydrogen-bond donors (Lipinski definition) is 2. The second-order valence-corrected chi connectivity index (χ2v) is 10.4. The van der Waals surface area contributed by atoms with Crippen molar-refractivity contribution in [3.05, 3.63) is 0 Å². The normalized spacial score (nSPS) is 15.6. The van der Waals surface area contributed by atoms with Crippen molar-refractivity contribution in [2.75, 3.05) is 0 Å². The van der Waals surface area contributed by atoms with Gasteiger partial charge >= 0.3 is 0 Å². The fraction of sp³-hybridized carbons (Fsp3) is 1.00. The molecular weight excluding hydrogens is 244 g/mol. The topological polar surface area (TPSA) is 52.0 Å². The highest BCUT2D eigenvalue weighted by Gasteiger charge is 2.43. The van der Waals surface area contributed by atoms with Crippen LogP contribution in [0.25, 0.3) is 0 Å². The van der Waals surface area contributed by atoms with Crippen molar-refractivity contribution in [1.82, 2.24) is 0 Å². The Morgan fingerprint density at radius 3 is 1.10 bits per heavy atom. The van der Waals surface area contributed by atoms with E-state index >= 15 is 0 Å². The molecule has 0 aliphatic heterocycles. The summed E-state index contributed by atoms with van der Waals surface area (Å²) in [6.45, 7) is 22.6. The first-order chi connectivity index (χ1) is 8.37. The van der Waals surface area contributed by atoms with Gasteiger partial charge in [-0.05, 0) is 63.2 Å². The molecule has 0 aliphatic rings. The number of hydrogen-bond acceptors (Lipinski definition) is 2. The maximum absolute atomic E-state index is 6.26. The predicted molar refractivity (Wildman–Crippen MR) is 91.7 cm³/mol. The summed E-state index contributed by atoms with van der Waals surface area (Å²) < 4.78 is 0. The van der Waals surface area contributed by atoms with E-state index in [-0.39, 0.29) is 27.3 Å². The average Bonchev–Trinajstić information content (AvgIpc) is 1.88. The lowest BCUT2D eigenvalue weighted by Crippen LogP contribution is -2.46. The third-order valence-corrected chi connectivity index (χ3v) is 4.58. The molecule has 0 saturated heterocycles. The van der Waals surface area contributed by atoms with Gasteiger partial charge in [0.05, 0.1) is 0 Å². The fourth-order valence-electron chi connectivity index (χ4n) is 4.11. The molecule has 2 nitrogen and oxygen atoms in total. The van der Waals surface area contributed by atoms with Crippen LogP contribution < -0.4 is 11.5 Å². The van der Waals surface area contributed by atoms with Crippen molar-refractivity contribution >= 4 is 0 Å². The molecule has 0 atom stereocenters. The second-order valence-electron chi connectivity index (χ2n) is 10.4. The van der Waals surface area contributed by atoms with Gasteiger partial charge in [-0.1, -0.05) is 41.5 Å². The maximum atomic E-state index is 6.26. The maximum Gasteiger partial charge on any atom is 0.0102 e. The molecule has 0 rings (SSSR count). The average molecular weight is 285 g/mol. The van der Waals surface area contributed by atoms with Gasteiger partial charge in [-0.2, -0.15) is 0 Å². The van der Waals surface area contributed by atoms with Crippen LogP contribution in [0.15, 0.2) is 0 Å². The van der Waals surface area contributed by atoms with Crippen LogP contribution in [0, 0.1) is 16.2 Å². The summed E-state index contributed by atoms with van der Waals surface area (Å²) in [5, 5.41) is 0. The minimum Gasteiger partial charge on any atom is -0.326 e. The Bertz CT molecular complexity index is 311. The summed E-state index contributed by atoms with van der Waals surface area (Å²) >= 11 is 0. The van der Waals surface area contributed by atoms with Gasteiger partial charge in [0.1, 0.15) is 0 Å². The molecule has 0 radical (unpaired) electrons. The van der Waals surface area contributed by atoms with Gasteiger partial charge < -0.3 is 11.5 Å². The molecule has 0 aromatic carbocycles. The SMILES string of the molecule is CC(C)(N)CC(C)(C)CC(C)(C)C(C)(C)CC(C)(C)N. The van der Waals surface area contributed by atoms with Crippen LogP contribution in [0.4, 0.5) is 0 Å². The summed E-state index contributed by atoms with van der Waals surface area (Å²) in [7, 11) is 0. The molecule has 4 N–H and O–H groups in total. The molecule has 0 aromatic rings. The lowest BCUT2D eigenvalue weighted by molar-refractivity contribution is 0.0223. The molecule has 0 aliphatic carbocycles. The molecule has 0 unspecified atom stereocenters. The van der Waals surface area contributed by atoms with Crippen LogP contribution in [0.3, 0.4) is 0 Å². The van der Waals surface area contributed by atoms with Gasteiger partial charge in [-0.15, -0.1) is 0 Å². The van der Waals surface area contributed by atoms with Gasteiger partial charge in [-0.3, -0.25) is 0 Å². The highest BCUT2D eigenvalue weighted by molar-refractivity contribution is 4.95. The molecule has 122 valence electrons. The Labute approximate surface area is 128 Å². The molecule has 0 heterocycles. The molecule has 0 bridgehead atoms. The van der Waals surface area contributed by atoms with Crippen LogP contribution in [0.5, 0.6) is 0 Å². The van der Waals surface area contributed by atoms with E-state index in [4.69, 9.17) is 11.5 Å². The largest absolute Gasteiger partial charge is 0.326 e. The Balaban J connectivity index is 5.05. The lowest BCUT2D eigenvalue weighted by Gasteiger charge is -2.49. The predicted octanol–water partition coefficient (Wildman–Crippen LogP) is 4.71. The Hall–Kier alpha value is -0.0800. The summed E-state index contributed by atoms with van der Waals surface area (Å²) in [6, 6.07) is 0. The molecular formula is C18H40N2. The number of nitrogens with two attached hydrogens (primary N) is 2. The van der Waals surface area contributed by atoms with Crippen LogP contribution in [0.1, 0.15) is 88.5 Å².